The van der Waals surface area contributed by atoms with Gasteiger partial charge in [-0.25, -0.2) is 9.55 Å². The summed E-state index contributed by atoms with van der Waals surface area (Å²) in [6.07, 6.45) is -4.81. The molecule has 6 aliphatic heterocycles. The van der Waals surface area contributed by atoms with Crippen molar-refractivity contribution in [3.8, 4) is 0 Å². The van der Waals surface area contributed by atoms with E-state index in [4.69, 9.17) is 57.4 Å². The van der Waals surface area contributed by atoms with Crippen molar-refractivity contribution >= 4 is 77.4 Å². The van der Waals surface area contributed by atoms with Gasteiger partial charge in [0, 0.05) is 131 Å². The average Bonchev–Trinajstić information content (AvgIpc) is 1.53. The van der Waals surface area contributed by atoms with Crippen LogP contribution in [0.2, 0.25) is 0 Å². The molecule has 2 saturated heterocycles. The van der Waals surface area contributed by atoms with Gasteiger partial charge in [-0.15, -0.1) is 0 Å². The normalized spacial score (nSPS) is 32.8. The lowest BCUT2D eigenvalue weighted by molar-refractivity contribution is -0.137. The minimum Gasteiger partial charge on any atom is -0.481 e. The first-order valence-corrected chi connectivity index (χ1v) is 32.0. The Labute approximate surface area is 522 Å². The predicted molar refractivity (Wildman–Crippen MR) is 332 cm³/mol. The summed E-state index contributed by atoms with van der Waals surface area (Å²) in [5.74, 6) is -7.91. The molecule has 8 bridgehead atoms. The number of nitrogens with one attached hydrogen (secondary N) is 2. The molecule has 1 aromatic heterocycles. The van der Waals surface area contributed by atoms with Crippen molar-refractivity contribution in [1.82, 2.24) is 20.2 Å². The van der Waals surface area contributed by atoms with E-state index in [-0.39, 0.29) is 77.2 Å². The Morgan fingerprint density at radius 1 is 0.822 bits per heavy atom. The third kappa shape index (κ3) is 13.0. The quantitative estimate of drug-likeness (QED) is 0.0597. The van der Waals surface area contributed by atoms with Gasteiger partial charge < -0.3 is 68.8 Å². The number of allylic oxidation sites excluding steroid dienone is 6. The fourth-order valence-corrected chi connectivity index (χ4v) is 16.6. The second-order valence-corrected chi connectivity index (χ2v) is 28.4. The molecule has 0 spiro atoms. The Morgan fingerprint density at radius 3 is 2.04 bits per heavy atom. The molecule has 6 aliphatic rings. The van der Waals surface area contributed by atoms with Crippen LogP contribution in [0.4, 0.5) is 0 Å². The summed E-state index contributed by atoms with van der Waals surface area (Å²) >= 11 is 0. The van der Waals surface area contributed by atoms with E-state index in [0.29, 0.717) is 56.4 Å². The number of aliphatic imine (C=N–C) groups is 3. The topological polar surface area (TPSA) is 454 Å². The van der Waals surface area contributed by atoms with Crippen molar-refractivity contribution in [2.45, 2.75) is 189 Å². The van der Waals surface area contributed by atoms with Crippen molar-refractivity contribution in [2.24, 2.45) is 89.0 Å². The van der Waals surface area contributed by atoms with E-state index >= 15 is 0 Å². The molecule has 90 heavy (non-hydrogen) atoms. The van der Waals surface area contributed by atoms with Crippen LogP contribution in [0.5, 0.6) is 0 Å². The van der Waals surface area contributed by atoms with Gasteiger partial charge in [-0.1, -0.05) is 34.6 Å². The van der Waals surface area contributed by atoms with Gasteiger partial charge in [0.1, 0.15) is 18.3 Å². The average molecular weight is 1270 g/mol. The summed E-state index contributed by atoms with van der Waals surface area (Å²) in [4.78, 5) is 125. The SMILES string of the molecule is CC1=C2N=C(C=C3N/C(=C(/C)C4=NC(C)(C5N=C1C(C)(CCC(=O)NCC(C)OP(=O)(O)OC1C(CO)OC(n6cnc7cc(C)c(C)cc76)C1O)C5CC(N)=O)C(C)(CC(N)=O)C4CCC(=O)O)C(C)(CC(N)=O)C3CCC(N)=O)C(C)(C)C2CCC(N)=O. The van der Waals surface area contributed by atoms with Crippen LogP contribution in [0.3, 0.4) is 0 Å². The van der Waals surface area contributed by atoms with Crippen molar-refractivity contribution in [1.29, 1.82) is 0 Å². The van der Waals surface area contributed by atoms with Crippen molar-refractivity contribution in [3.63, 3.8) is 0 Å². The highest BCUT2D eigenvalue weighted by molar-refractivity contribution is 7.47. The molecule has 0 saturated carbocycles. The third-order valence-electron chi connectivity index (χ3n) is 20.6. The number of carboxylic acids is 1. The maximum Gasteiger partial charge on any atom is 0.472 e. The van der Waals surface area contributed by atoms with Crippen molar-refractivity contribution in [3.05, 3.63) is 63.9 Å². The monoisotopic (exact) mass is 1270 g/mol. The van der Waals surface area contributed by atoms with Gasteiger partial charge in [0.05, 0.1) is 41.7 Å². The lowest BCUT2D eigenvalue weighted by Gasteiger charge is -2.48. The second-order valence-electron chi connectivity index (χ2n) is 27.0. The van der Waals surface area contributed by atoms with Gasteiger partial charge in [0.15, 0.2) is 6.23 Å². The van der Waals surface area contributed by atoms with Crippen LogP contribution >= 0.6 is 7.82 Å². The number of hydrogen-bond donors (Lipinski definition) is 11. The van der Waals surface area contributed by atoms with E-state index in [0.717, 1.165) is 11.1 Å². The number of primary amides is 5. The van der Waals surface area contributed by atoms with Gasteiger partial charge in [-0.2, -0.15) is 0 Å². The van der Waals surface area contributed by atoms with Gasteiger partial charge in [-0.05, 0) is 108 Å². The summed E-state index contributed by atoms with van der Waals surface area (Å²) in [5, 5.41) is 38.5. The molecule has 2 aromatic rings. The number of aliphatic carboxylic acids is 1. The molecule has 6 amide bonds. The maximum atomic E-state index is 14.4. The number of hydrogen-bond acceptors (Lipinski definition) is 18. The Balaban J connectivity index is 1.19. The molecular formula is C62H89N12O15P. The molecule has 27 nitrogen and oxygen atoms in total. The van der Waals surface area contributed by atoms with Gasteiger partial charge in [-0.3, -0.25) is 57.6 Å². The van der Waals surface area contributed by atoms with Crippen LogP contribution in [0, 0.1) is 59.2 Å². The number of benzene rings is 1. The van der Waals surface area contributed by atoms with Crippen LogP contribution in [-0.2, 0) is 51.9 Å². The number of rotatable bonds is 26. The number of carbonyl (C=O) groups is 7. The molecule has 28 heteroatoms. The molecule has 0 radical (unpaired) electrons. The van der Waals surface area contributed by atoms with Crippen LogP contribution < -0.4 is 39.3 Å². The molecule has 492 valence electrons. The first-order chi connectivity index (χ1) is 41.8. The Hall–Kier alpha value is -7.00. The van der Waals surface area contributed by atoms with E-state index in [2.05, 4.69) is 15.6 Å². The first-order valence-electron chi connectivity index (χ1n) is 30.5. The van der Waals surface area contributed by atoms with Gasteiger partial charge in [0.2, 0.25) is 35.4 Å². The zero-order valence-corrected chi connectivity index (χ0v) is 54.0. The lowest BCUT2D eigenvalue weighted by Crippen LogP contribution is -2.56. The molecule has 16 N–H and O–H groups in total. The van der Waals surface area contributed by atoms with E-state index in [1.807, 2.05) is 66.7 Å². The highest BCUT2D eigenvalue weighted by Gasteiger charge is 2.66. The zero-order valence-electron chi connectivity index (χ0n) is 53.1. The highest BCUT2D eigenvalue weighted by atomic mass is 31.2. The number of carbonyl (C=O) groups excluding carboxylic acids is 6. The van der Waals surface area contributed by atoms with Crippen LogP contribution in [-0.4, -0.2) is 137 Å². The number of aliphatic hydroxyl groups excluding tert-OH is 2. The third-order valence-corrected chi connectivity index (χ3v) is 21.7. The molecule has 2 fully saturated rings. The molecule has 1 aromatic carbocycles. The van der Waals surface area contributed by atoms with Crippen molar-refractivity contribution in [2.75, 3.05) is 13.2 Å². The second kappa shape index (κ2) is 25.6. The highest BCUT2D eigenvalue weighted by Crippen LogP contribution is 2.63. The summed E-state index contributed by atoms with van der Waals surface area (Å²) in [6.45, 7) is 19.1. The predicted octanol–water partition coefficient (Wildman–Crippen LogP) is 3.76. The number of aliphatic hydroxyl groups is 2. The number of imidazole rings is 1. The van der Waals surface area contributed by atoms with Gasteiger partial charge >= 0.3 is 13.8 Å². The van der Waals surface area contributed by atoms with Gasteiger partial charge in [0.25, 0.3) is 0 Å². The van der Waals surface area contributed by atoms with Crippen LogP contribution in [0.1, 0.15) is 150 Å². The minimum absolute atomic E-state index is 0.0279. The molecule has 0 aliphatic carbocycles. The molecule has 7 heterocycles. The fraction of sp³-hybridized carbons (Fsp3) is 0.629. The number of nitrogens with zero attached hydrogens (tertiary/aromatic N) is 5. The van der Waals surface area contributed by atoms with E-state index < -0.39 is 143 Å². The van der Waals surface area contributed by atoms with Crippen LogP contribution in [0.25, 0.3) is 11.0 Å². The Kier molecular flexibility index (Phi) is 19.6. The molecule has 8 rings (SSSR count). The molecule has 15 atom stereocenters. The molecule has 15 unspecified atom stereocenters. The standard InChI is InChI=1S/C62H89N12O15P/c1-29-20-39-40(21-30(29)2)74(28-69-39)57-52(84)53(41(27-75)87-57)89-90(85,86)88-31(3)26-68-48(81)18-19-59(8)37(22-45(65)78)56-62(11)61(10,25-47(67)80)36(14-17-49(82)83)51(73-62)33(5)55-60(9,24-46(66)79)34(12-15-43(63)76)38(70-55)23-42-58(6,7)35(13-16-44(64)77)50(71-42)32(4)54(59)72-56/h20-21,23,28,31,34-37,41,52-53,56-57,70,75,84H,12-19,22,24-27H2,1-11H3,(H2,63,76)(H2,64,77)(H2,65,78)(H2,66,79)(H2,67,80)(H,68,81)(H,82,83)(H,85,86)/b38-23?,50-32?,55-33-. The number of fused-ring (bicyclic) bond motifs is 7. The summed E-state index contributed by atoms with van der Waals surface area (Å²) in [5.41, 5.74) is 31.0. The zero-order chi connectivity index (χ0) is 66.7. The van der Waals surface area contributed by atoms with E-state index in [1.165, 1.54) is 13.3 Å². The number of nitrogens with two attached hydrogens (primary N) is 5. The van der Waals surface area contributed by atoms with E-state index in [9.17, 15) is 58.3 Å². The number of phosphoric ester groups is 1. The fourth-order valence-electron chi connectivity index (χ4n) is 15.4. The summed E-state index contributed by atoms with van der Waals surface area (Å²) in [6, 6.07) is 2.66. The first kappa shape index (κ1) is 68.9. The summed E-state index contributed by atoms with van der Waals surface area (Å²) < 4.78 is 32.2. The Morgan fingerprint density at radius 2 is 1.44 bits per heavy atom. The summed E-state index contributed by atoms with van der Waals surface area (Å²) in [7, 11) is -5.07. The molecular weight excluding hydrogens is 1180 g/mol. The van der Waals surface area contributed by atoms with Crippen LogP contribution in [0.15, 0.2) is 67.8 Å². The number of aromatic nitrogens is 2. The lowest BCUT2D eigenvalue weighted by atomic mass is 9.55. The van der Waals surface area contributed by atoms with Crippen molar-refractivity contribution < 1.29 is 72.1 Å². The maximum absolute atomic E-state index is 14.4. The number of phosphoric acid groups is 1. The number of carboxylic acid groups (broad SMARTS) is 1. The smallest absolute Gasteiger partial charge is 0.472 e. The van der Waals surface area contributed by atoms with E-state index in [1.54, 1.807) is 25.3 Å². The number of ether oxygens (including phenoxy) is 1. The number of amides is 6. The number of aryl methyl sites for hydroxylation is 2. The largest absolute Gasteiger partial charge is 0.481 e. The minimum atomic E-state index is -5.07. The Bertz CT molecular complexity index is 3540.